The van der Waals surface area contributed by atoms with Crippen molar-refractivity contribution in [1.29, 1.82) is 0 Å². The van der Waals surface area contributed by atoms with Crippen LogP contribution in [-0.4, -0.2) is 23.6 Å². The average molecular weight is 370 g/mol. The van der Waals surface area contributed by atoms with Crippen molar-refractivity contribution in [2.75, 3.05) is 6.61 Å². The number of thiophene rings is 1. The van der Waals surface area contributed by atoms with E-state index < -0.39 is 12.2 Å². The SMILES string of the molecule is O=C1CC(CO)OC(c2ccc(F)c(Cc3cc4ccccc4s3)c2)C1. The van der Waals surface area contributed by atoms with Crippen LogP contribution in [0.3, 0.4) is 0 Å². The third kappa shape index (κ3) is 3.56. The lowest BCUT2D eigenvalue weighted by Gasteiger charge is -2.28. The highest BCUT2D eigenvalue weighted by Gasteiger charge is 2.29. The average Bonchev–Trinajstić information content (AvgIpc) is 3.05. The number of benzene rings is 2. The molecule has 26 heavy (non-hydrogen) atoms. The molecule has 1 aromatic heterocycles. The van der Waals surface area contributed by atoms with Crippen molar-refractivity contribution in [2.24, 2.45) is 0 Å². The Morgan fingerprint density at radius 3 is 2.81 bits per heavy atom. The number of ether oxygens (including phenoxy) is 1. The summed E-state index contributed by atoms with van der Waals surface area (Å²) in [6.45, 7) is -0.182. The minimum atomic E-state index is -0.475. The Kier molecular flexibility index (Phi) is 4.85. The second-order valence-electron chi connectivity index (χ2n) is 6.65. The number of aliphatic hydroxyl groups is 1. The van der Waals surface area contributed by atoms with Gasteiger partial charge in [-0.3, -0.25) is 4.79 Å². The van der Waals surface area contributed by atoms with Crippen LogP contribution < -0.4 is 0 Å². The fraction of sp³-hybridized carbons (Fsp3) is 0.286. The van der Waals surface area contributed by atoms with Crippen LogP contribution in [0.2, 0.25) is 0 Å². The first-order valence-electron chi connectivity index (χ1n) is 8.66. The maximum absolute atomic E-state index is 14.4. The van der Waals surface area contributed by atoms with Gasteiger partial charge in [0, 0.05) is 28.8 Å². The Hall–Kier alpha value is -2.08. The molecule has 134 valence electrons. The second-order valence-corrected chi connectivity index (χ2v) is 7.82. The van der Waals surface area contributed by atoms with E-state index in [1.54, 1.807) is 23.5 Å². The van der Waals surface area contributed by atoms with Crippen molar-refractivity contribution in [3.05, 3.63) is 70.4 Å². The Balaban J connectivity index is 1.60. The number of Topliss-reactive ketones (excluding diaryl/α,β-unsaturated/α-hetero) is 1. The Labute approximate surface area is 155 Å². The number of halogens is 1. The fourth-order valence-corrected chi connectivity index (χ4v) is 4.51. The molecule has 1 fully saturated rings. The van der Waals surface area contributed by atoms with Crippen molar-refractivity contribution < 1.29 is 19.0 Å². The largest absolute Gasteiger partial charge is 0.394 e. The van der Waals surface area contributed by atoms with Gasteiger partial charge in [0.1, 0.15) is 11.6 Å². The summed E-state index contributed by atoms with van der Waals surface area (Å²) in [5.74, 6) is -0.192. The van der Waals surface area contributed by atoms with Crippen LogP contribution in [0.15, 0.2) is 48.5 Å². The van der Waals surface area contributed by atoms with Crippen LogP contribution in [-0.2, 0) is 16.0 Å². The summed E-state index contributed by atoms with van der Waals surface area (Å²) < 4.78 is 21.3. The molecule has 3 aromatic rings. The summed E-state index contributed by atoms with van der Waals surface area (Å²) in [5.41, 5.74) is 1.38. The molecular weight excluding hydrogens is 351 g/mol. The van der Waals surface area contributed by atoms with Crippen LogP contribution in [0.1, 0.15) is 34.9 Å². The number of aliphatic hydroxyl groups excluding tert-OH is 1. The zero-order chi connectivity index (χ0) is 18.1. The van der Waals surface area contributed by atoms with Crippen LogP contribution in [0.25, 0.3) is 10.1 Å². The van der Waals surface area contributed by atoms with Gasteiger partial charge in [0.15, 0.2) is 0 Å². The number of hydrogen-bond donors (Lipinski definition) is 1. The zero-order valence-corrected chi connectivity index (χ0v) is 15.0. The number of fused-ring (bicyclic) bond motifs is 1. The second kappa shape index (κ2) is 7.27. The van der Waals surface area contributed by atoms with E-state index in [2.05, 4.69) is 18.2 Å². The van der Waals surface area contributed by atoms with Gasteiger partial charge in [0.05, 0.1) is 18.8 Å². The highest BCUT2D eigenvalue weighted by atomic mass is 32.1. The van der Waals surface area contributed by atoms with E-state index in [4.69, 9.17) is 4.74 Å². The Morgan fingerprint density at radius 1 is 1.15 bits per heavy atom. The minimum absolute atomic E-state index is 0.0654. The molecule has 0 aliphatic carbocycles. The normalized spacial score (nSPS) is 20.6. The molecule has 2 atom stereocenters. The van der Waals surface area contributed by atoms with E-state index >= 15 is 0 Å². The molecule has 0 bridgehead atoms. The van der Waals surface area contributed by atoms with Crippen molar-refractivity contribution >= 4 is 27.2 Å². The molecule has 5 heteroatoms. The Morgan fingerprint density at radius 2 is 2.00 bits per heavy atom. The third-order valence-electron chi connectivity index (χ3n) is 4.71. The highest BCUT2D eigenvalue weighted by Crippen LogP contribution is 2.32. The van der Waals surface area contributed by atoms with Gasteiger partial charge in [-0.25, -0.2) is 4.39 Å². The number of hydrogen-bond acceptors (Lipinski definition) is 4. The zero-order valence-electron chi connectivity index (χ0n) is 14.2. The molecule has 0 radical (unpaired) electrons. The molecule has 1 aliphatic heterocycles. The van der Waals surface area contributed by atoms with Gasteiger partial charge < -0.3 is 9.84 Å². The number of ketones is 1. The summed E-state index contributed by atoms with van der Waals surface area (Å²) in [4.78, 5) is 13.0. The predicted octanol–water partition coefficient (Wildman–Crippen LogP) is 4.41. The van der Waals surface area contributed by atoms with Gasteiger partial charge in [-0.1, -0.05) is 24.3 Å². The van der Waals surface area contributed by atoms with Crippen LogP contribution in [0.4, 0.5) is 4.39 Å². The van der Waals surface area contributed by atoms with Gasteiger partial charge in [-0.05, 0) is 40.8 Å². The van der Waals surface area contributed by atoms with Gasteiger partial charge in [0.2, 0.25) is 0 Å². The van der Waals surface area contributed by atoms with Gasteiger partial charge in [-0.15, -0.1) is 11.3 Å². The van der Waals surface area contributed by atoms with E-state index in [0.29, 0.717) is 12.0 Å². The molecule has 0 spiro atoms. The van der Waals surface area contributed by atoms with Gasteiger partial charge in [-0.2, -0.15) is 0 Å². The summed E-state index contributed by atoms with van der Waals surface area (Å²) >= 11 is 1.66. The van der Waals surface area contributed by atoms with E-state index in [9.17, 15) is 14.3 Å². The molecule has 3 nitrogen and oxygen atoms in total. The smallest absolute Gasteiger partial charge is 0.138 e. The van der Waals surface area contributed by atoms with E-state index in [-0.39, 0.29) is 31.0 Å². The first kappa shape index (κ1) is 17.3. The van der Waals surface area contributed by atoms with E-state index in [0.717, 1.165) is 15.8 Å². The fourth-order valence-electron chi connectivity index (χ4n) is 3.42. The Bertz CT molecular complexity index is 916. The predicted molar refractivity (Wildman–Crippen MR) is 100.0 cm³/mol. The minimum Gasteiger partial charge on any atom is -0.394 e. The van der Waals surface area contributed by atoms with Crippen molar-refractivity contribution in [3.8, 4) is 0 Å². The summed E-state index contributed by atoms with van der Waals surface area (Å²) in [6, 6.07) is 15.1. The van der Waals surface area contributed by atoms with Crippen LogP contribution in [0.5, 0.6) is 0 Å². The third-order valence-corrected chi connectivity index (χ3v) is 5.83. The highest BCUT2D eigenvalue weighted by molar-refractivity contribution is 7.19. The molecule has 2 heterocycles. The molecule has 2 unspecified atom stereocenters. The van der Waals surface area contributed by atoms with E-state index in [1.807, 2.05) is 12.1 Å². The maximum Gasteiger partial charge on any atom is 0.138 e. The summed E-state index contributed by atoms with van der Waals surface area (Å²) in [7, 11) is 0. The molecule has 1 N–H and O–H groups in total. The number of rotatable bonds is 4. The first-order chi connectivity index (χ1) is 12.6. The number of carbonyl (C=O) groups excluding carboxylic acids is 1. The quantitative estimate of drug-likeness (QED) is 0.740. The van der Waals surface area contributed by atoms with Crippen LogP contribution >= 0.6 is 11.3 Å². The maximum atomic E-state index is 14.4. The monoisotopic (exact) mass is 370 g/mol. The lowest BCUT2D eigenvalue weighted by Crippen LogP contribution is -2.31. The standard InChI is InChI=1S/C21H19FO3S/c22-19-6-5-13(20-11-16(24)10-17(12-23)25-20)7-15(19)9-18-8-14-3-1-2-4-21(14)26-18/h1-8,17,20,23H,9-12H2. The molecule has 1 saturated heterocycles. The number of carbonyl (C=O) groups is 1. The lowest BCUT2D eigenvalue weighted by molar-refractivity contribution is -0.139. The van der Waals surface area contributed by atoms with Crippen molar-refractivity contribution in [3.63, 3.8) is 0 Å². The van der Waals surface area contributed by atoms with Crippen LogP contribution in [0, 0.1) is 5.82 Å². The molecule has 1 aliphatic rings. The summed E-state index contributed by atoms with van der Waals surface area (Å²) in [5, 5.41) is 10.5. The van der Waals surface area contributed by atoms with Crippen molar-refractivity contribution in [2.45, 2.75) is 31.5 Å². The first-order valence-corrected chi connectivity index (χ1v) is 9.48. The molecule has 2 aromatic carbocycles. The molecule has 0 saturated carbocycles. The van der Waals surface area contributed by atoms with Gasteiger partial charge >= 0.3 is 0 Å². The summed E-state index contributed by atoms with van der Waals surface area (Å²) in [6.07, 6.45) is 0.115. The molecular formula is C21H19FO3S. The topological polar surface area (TPSA) is 46.5 Å². The molecule has 4 rings (SSSR count). The molecule has 0 amide bonds. The van der Waals surface area contributed by atoms with Gasteiger partial charge in [0.25, 0.3) is 0 Å². The van der Waals surface area contributed by atoms with Crippen molar-refractivity contribution in [1.82, 2.24) is 0 Å². The van der Waals surface area contributed by atoms with E-state index in [1.165, 1.54) is 10.8 Å². The lowest BCUT2D eigenvalue weighted by atomic mass is 9.95.